The van der Waals surface area contributed by atoms with Crippen LogP contribution in [0.5, 0.6) is 5.75 Å². The van der Waals surface area contributed by atoms with E-state index in [4.69, 9.17) is 14.5 Å². The monoisotopic (exact) mass is 443 g/mol. The van der Waals surface area contributed by atoms with E-state index in [1.165, 1.54) is 11.3 Å². The molecule has 1 fully saturated rings. The first kappa shape index (κ1) is 21.7. The third-order valence-corrected chi connectivity index (χ3v) is 6.52. The molecule has 8 nitrogen and oxygen atoms in total. The Morgan fingerprint density at radius 1 is 1.26 bits per heavy atom. The Labute approximate surface area is 186 Å². The van der Waals surface area contributed by atoms with Crippen LogP contribution in [-0.4, -0.2) is 72.1 Å². The van der Waals surface area contributed by atoms with Gasteiger partial charge in [0.05, 0.1) is 36.2 Å². The lowest BCUT2D eigenvalue weighted by atomic mass is 10.3. The topological polar surface area (TPSA) is 72.7 Å². The fourth-order valence-electron chi connectivity index (χ4n) is 3.79. The number of thiazole rings is 1. The lowest BCUT2D eigenvalue weighted by Crippen LogP contribution is -2.40. The Bertz CT molecular complexity index is 1040. The van der Waals surface area contributed by atoms with Crippen LogP contribution >= 0.6 is 11.3 Å². The number of benzene rings is 1. The van der Waals surface area contributed by atoms with Crippen molar-refractivity contribution in [1.29, 1.82) is 0 Å². The summed E-state index contributed by atoms with van der Waals surface area (Å²) in [6, 6.07) is 7.81. The first-order chi connectivity index (χ1) is 15.0. The van der Waals surface area contributed by atoms with Gasteiger partial charge in [-0.15, -0.1) is 0 Å². The van der Waals surface area contributed by atoms with Crippen molar-refractivity contribution in [3.63, 3.8) is 0 Å². The van der Waals surface area contributed by atoms with Crippen molar-refractivity contribution in [3.8, 4) is 5.75 Å². The highest BCUT2D eigenvalue weighted by atomic mass is 32.1. The second-order valence-electron chi connectivity index (χ2n) is 7.77. The quantitative estimate of drug-likeness (QED) is 0.533. The van der Waals surface area contributed by atoms with Crippen LogP contribution in [0.3, 0.4) is 0 Å². The maximum Gasteiger partial charge on any atom is 0.250 e. The summed E-state index contributed by atoms with van der Waals surface area (Å²) < 4.78 is 13.6. The largest absolute Gasteiger partial charge is 0.497 e. The molecular weight excluding hydrogens is 414 g/mol. The van der Waals surface area contributed by atoms with Crippen molar-refractivity contribution in [2.45, 2.75) is 26.8 Å². The predicted octanol–water partition coefficient (Wildman–Crippen LogP) is 2.87. The van der Waals surface area contributed by atoms with Crippen LogP contribution in [-0.2, 0) is 16.1 Å². The van der Waals surface area contributed by atoms with Crippen LogP contribution < -0.4 is 9.64 Å². The lowest BCUT2D eigenvalue weighted by Gasteiger charge is -2.27. The summed E-state index contributed by atoms with van der Waals surface area (Å²) in [6.07, 6.45) is 0.877. The van der Waals surface area contributed by atoms with Gasteiger partial charge in [-0.25, -0.2) is 4.98 Å². The maximum absolute atomic E-state index is 13.3. The molecule has 4 rings (SSSR count). The van der Waals surface area contributed by atoms with Gasteiger partial charge in [0.15, 0.2) is 5.13 Å². The van der Waals surface area contributed by atoms with Gasteiger partial charge in [0.25, 0.3) is 5.91 Å². The molecule has 0 atom stereocenters. The average Bonchev–Trinajstić information content (AvgIpc) is 3.33. The molecule has 1 amide bonds. The normalized spacial score (nSPS) is 14.8. The van der Waals surface area contributed by atoms with Gasteiger partial charge in [0, 0.05) is 37.9 Å². The Balaban J connectivity index is 1.53. The Morgan fingerprint density at radius 2 is 2.06 bits per heavy atom. The molecule has 0 saturated carbocycles. The zero-order valence-electron chi connectivity index (χ0n) is 18.3. The van der Waals surface area contributed by atoms with E-state index in [0.29, 0.717) is 6.54 Å². The van der Waals surface area contributed by atoms with Crippen molar-refractivity contribution in [3.05, 3.63) is 35.7 Å². The first-order valence-corrected chi connectivity index (χ1v) is 11.4. The molecule has 31 heavy (non-hydrogen) atoms. The molecule has 166 valence electrons. The molecule has 0 N–H and O–H groups in total. The number of aryl methyl sites for hydroxylation is 2. The van der Waals surface area contributed by atoms with Crippen LogP contribution in [0, 0.1) is 13.8 Å². The fraction of sp³-hybridized carbons (Fsp3) is 0.500. The number of hydrogen-bond acceptors (Lipinski definition) is 7. The number of morpholine rings is 1. The number of aromatic nitrogens is 3. The number of rotatable bonds is 8. The van der Waals surface area contributed by atoms with Crippen molar-refractivity contribution in [2.75, 3.05) is 51.4 Å². The van der Waals surface area contributed by atoms with E-state index < -0.39 is 0 Å². The number of fused-ring (bicyclic) bond motifs is 1. The van der Waals surface area contributed by atoms with E-state index in [9.17, 15) is 4.79 Å². The summed E-state index contributed by atoms with van der Waals surface area (Å²) in [6.45, 7) is 9.12. The molecular formula is C22H29N5O3S. The minimum absolute atomic E-state index is 0.000742. The van der Waals surface area contributed by atoms with Crippen molar-refractivity contribution >= 4 is 32.6 Å². The molecule has 3 heterocycles. The van der Waals surface area contributed by atoms with Gasteiger partial charge in [-0.1, -0.05) is 11.3 Å². The van der Waals surface area contributed by atoms with Crippen LogP contribution in [0.2, 0.25) is 0 Å². The number of carbonyl (C=O) groups is 1. The molecule has 1 aromatic carbocycles. The van der Waals surface area contributed by atoms with E-state index in [0.717, 1.165) is 71.8 Å². The first-order valence-electron chi connectivity index (χ1n) is 10.6. The van der Waals surface area contributed by atoms with Gasteiger partial charge in [-0.3, -0.25) is 19.3 Å². The van der Waals surface area contributed by atoms with Gasteiger partial charge < -0.3 is 9.47 Å². The summed E-state index contributed by atoms with van der Waals surface area (Å²) in [5, 5.41) is 5.18. The van der Waals surface area contributed by atoms with Gasteiger partial charge in [0.1, 0.15) is 12.3 Å². The van der Waals surface area contributed by atoms with Crippen LogP contribution in [0.1, 0.15) is 17.8 Å². The smallest absolute Gasteiger partial charge is 0.250 e. The van der Waals surface area contributed by atoms with E-state index >= 15 is 0 Å². The molecule has 0 bridgehead atoms. The average molecular weight is 444 g/mol. The molecule has 0 radical (unpaired) electrons. The third-order valence-electron chi connectivity index (χ3n) is 5.46. The number of carbonyl (C=O) groups excluding carboxylic acids is 1. The second kappa shape index (κ2) is 9.76. The Hall–Kier alpha value is -2.49. The SMILES string of the molecule is COc1ccc2sc(N(CCCN3CCOCC3)C(=O)Cn3nc(C)cc3C)nc2c1. The molecule has 1 aliphatic heterocycles. The predicted molar refractivity (Wildman–Crippen MR) is 122 cm³/mol. The summed E-state index contributed by atoms with van der Waals surface area (Å²) in [5.74, 6) is 0.761. The molecule has 0 aliphatic carbocycles. The Morgan fingerprint density at radius 3 is 2.77 bits per heavy atom. The third kappa shape index (κ3) is 5.23. The number of hydrogen-bond donors (Lipinski definition) is 0. The zero-order valence-corrected chi connectivity index (χ0v) is 19.2. The Kier molecular flexibility index (Phi) is 6.84. The number of amides is 1. The molecule has 1 saturated heterocycles. The molecule has 9 heteroatoms. The number of anilines is 1. The molecule has 0 spiro atoms. The van der Waals surface area contributed by atoms with E-state index in [2.05, 4.69) is 10.00 Å². The van der Waals surface area contributed by atoms with Gasteiger partial charge in [0.2, 0.25) is 0 Å². The highest BCUT2D eigenvalue weighted by molar-refractivity contribution is 7.22. The van der Waals surface area contributed by atoms with E-state index in [1.54, 1.807) is 11.8 Å². The minimum atomic E-state index is -0.000742. The van der Waals surface area contributed by atoms with Gasteiger partial charge in [-0.05, 0) is 38.5 Å². The van der Waals surface area contributed by atoms with E-state index in [1.807, 2.05) is 43.0 Å². The molecule has 1 aliphatic rings. The molecule has 3 aromatic rings. The summed E-state index contributed by atoms with van der Waals surface area (Å²) >= 11 is 1.53. The van der Waals surface area contributed by atoms with Crippen molar-refractivity contribution in [1.82, 2.24) is 19.7 Å². The molecule has 0 unspecified atom stereocenters. The standard InChI is InChI=1S/C22H29N5O3S/c1-16-13-17(2)27(24-16)15-21(28)26(8-4-7-25-9-11-30-12-10-25)22-23-19-14-18(29-3)5-6-20(19)31-22/h5-6,13-14H,4,7-12,15H2,1-3H3. The van der Waals surface area contributed by atoms with Gasteiger partial charge in [-0.2, -0.15) is 5.10 Å². The van der Waals surface area contributed by atoms with Crippen LogP contribution in [0.15, 0.2) is 24.3 Å². The van der Waals surface area contributed by atoms with Gasteiger partial charge >= 0.3 is 0 Å². The summed E-state index contributed by atoms with van der Waals surface area (Å²) in [4.78, 5) is 22.3. The van der Waals surface area contributed by atoms with Crippen LogP contribution in [0.4, 0.5) is 5.13 Å². The number of ether oxygens (including phenoxy) is 2. The zero-order chi connectivity index (χ0) is 21.8. The molecule has 2 aromatic heterocycles. The minimum Gasteiger partial charge on any atom is -0.497 e. The maximum atomic E-state index is 13.3. The second-order valence-corrected chi connectivity index (χ2v) is 8.78. The number of nitrogens with zero attached hydrogens (tertiary/aromatic N) is 5. The number of methoxy groups -OCH3 is 1. The summed E-state index contributed by atoms with van der Waals surface area (Å²) in [7, 11) is 1.64. The highest BCUT2D eigenvalue weighted by Crippen LogP contribution is 2.31. The van der Waals surface area contributed by atoms with Crippen molar-refractivity contribution in [2.24, 2.45) is 0 Å². The fourth-order valence-corrected chi connectivity index (χ4v) is 4.78. The summed E-state index contributed by atoms with van der Waals surface area (Å²) in [5.41, 5.74) is 2.74. The highest BCUT2D eigenvalue weighted by Gasteiger charge is 2.22. The van der Waals surface area contributed by atoms with E-state index in [-0.39, 0.29) is 12.5 Å². The van der Waals surface area contributed by atoms with Crippen LogP contribution in [0.25, 0.3) is 10.2 Å². The van der Waals surface area contributed by atoms with Crippen molar-refractivity contribution < 1.29 is 14.3 Å². The lowest BCUT2D eigenvalue weighted by molar-refractivity contribution is -0.119.